The number of halogens is 1. The predicted molar refractivity (Wildman–Crippen MR) is 110 cm³/mol. The molecular weight excluding hydrogens is 391 g/mol. The number of aryl methyl sites for hydroxylation is 1. The Balaban J connectivity index is 1.42. The van der Waals surface area contributed by atoms with E-state index in [1.165, 1.54) is 17.0 Å². The predicted octanol–water partition coefficient (Wildman–Crippen LogP) is 2.24. The normalized spacial score (nSPS) is 16.7. The molecule has 1 atom stereocenters. The molecule has 0 saturated carbocycles. The molecule has 2 heterocycles. The van der Waals surface area contributed by atoms with Crippen LogP contribution in [-0.4, -0.2) is 47.4 Å². The van der Waals surface area contributed by atoms with Gasteiger partial charge in [0.2, 0.25) is 0 Å². The molecule has 156 valence electrons. The van der Waals surface area contributed by atoms with Gasteiger partial charge in [-0.15, -0.1) is 0 Å². The van der Waals surface area contributed by atoms with Crippen LogP contribution >= 0.6 is 0 Å². The van der Waals surface area contributed by atoms with Crippen LogP contribution in [-0.2, 0) is 9.59 Å². The summed E-state index contributed by atoms with van der Waals surface area (Å²) in [6.45, 7) is 5.02. The Morgan fingerprint density at radius 1 is 1.20 bits per heavy atom. The van der Waals surface area contributed by atoms with Crippen molar-refractivity contribution in [3.63, 3.8) is 0 Å². The number of H-pyrrole nitrogens is 1. The lowest BCUT2D eigenvalue weighted by Gasteiger charge is -2.40. The van der Waals surface area contributed by atoms with Crippen molar-refractivity contribution < 1.29 is 18.4 Å². The van der Waals surface area contributed by atoms with E-state index in [2.05, 4.69) is 15.2 Å². The van der Waals surface area contributed by atoms with Gasteiger partial charge in [-0.3, -0.25) is 14.6 Å². The number of aromatic amines is 1. The molecule has 1 aliphatic rings. The number of amides is 2. The molecule has 1 fully saturated rings. The zero-order valence-corrected chi connectivity index (χ0v) is 16.6. The first-order valence-electron chi connectivity index (χ1n) is 9.58. The standard InChI is InChI=1S/C21H21FN4O4/c1-12-9-15(4-5-16(12)22)25-7-8-26(13(2)11-25)20(28)19(27)23-14-3-6-17-18(10-14)30-21(29)24-17/h3-6,9-10,13H,7-8,11H2,1-2H3,(H,23,27)(H,24,29)/t13-/m1/s1. The Labute approximate surface area is 171 Å². The summed E-state index contributed by atoms with van der Waals surface area (Å²) in [5, 5.41) is 2.56. The van der Waals surface area contributed by atoms with Gasteiger partial charge in [-0.2, -0.15) is 0 Å². The molecule has 8 nitrogen and oxygen atoms in total. The van der Waals surface area contributed by atoms with Gasteiger partial charge in [-0.05, 0) is 49.7 Å². The van der Waals surface area contributed by atoms with Gasteiger partial charge >= 0.3 is 17.6 Å². The molecule has 4 rings (SSSR count). The lowest BCUT2D eigenvalue weighted by Crippen LogP contribution is -2.56. The van der Waals surface area contributed by atoms with Crippen molar-refractivity contribution in [1.29, 1.82) is 0 Å². The highest BCUT2D eigenvalue weighted by Crippen LogP contribution is 2.22. The molecule has 0 aliphatic carbocycles. The molecule has 2 aromatic carbocycles. The van der Waals surface area contributed by atoms with E-state index in [0.717, 1.165) is 5.69 Å². The maximum atomic E-state index is 13.5. The molecule has 1 aromatic heterocycles. The van der Waals surface area contributed by atoms with Crippen molar-refractivity contribution in [1.82, 2.24) is 9.88 Å². The van der Waals surface area contributed by atoms with Crippen LogP contribution in [0.25, 0.3) is 11.1 Å². The molecule has 1 aliphatic heterocycles. The highest BCUT2D eigenvalue weighted by Gasteiger charge is 2.31. The number of fused-ring (bicyclic) bond motifs is 1. The Bertz CT molecular complexity index is 1190. The van der Waals surface area contributed by atoms with Crippen molar-refractivity contribution >= 4 is 34.3 Å². The summed E-state index contributed by atoms with van der Waals surface area (Å²) in [6.07, 6.45) is 0. The molecule has 2 N–H and O–H groups in total. The average Bonchev–Trinajstić information content (AvgIpc) is 3.08. The Hall–Kier alpha value is -3.62. The third kappa shape index (κ3) is 3.78. The number of piperazine rings is 1. The molecule has 1 saturated heterocycles. The molecule has 0 unspecified atom stereocenters. The minimum absolute atomic E-state index is 0.201. The SMILES string of the molecule is Cc1cc(N2CCN(C(=O)C(=O)Nc3ccc4[nH]c(=O)oc4c3)[C@H](C)C2)ccc1F. The van der Waals surface area contributed by atoms with Crippen LogP contribution in [0.5, 0.6) is 0 Å². The van der Waals surface area contributed by atoms with Gasteiger partial charge in [0, 0.05) is 43.1 Å². The number of hydrogen-bond donors (Lipinski definition) is 2. The van der Waals surface area contributed by atoms with E-state index in [9.17, 15) is 18.8 Å². The lowest BCUT2D eigenvalue weighted by atomic mass is 10.1. The summed E-state index contributed by atoms with van der Waals surface area (Å²) in [5.41, 5.74) is 2.61. The zero-order chi connectivity index (χ0) is 21.4. The van der Waals surface area contributed by atoms with E-state index in [1.54, 1.807) is 31.2 Å². The first-order valence-corrected chi connectivity index (χ1v) is 9.58. The highest BCUT2D eigenvalue weighted by molar-refractivity contribution is 6.39. The van der Waals surface area contributed by atoms with Crippen molar-refractivity contribution in [2.45, 2.75) is 19.9 Å². The van der Waals surface area contributed by atoms with E-state index in [-0.39, 0.29) is 11.9 Å². The number of nitrogens with one attached hydrogen (secondary N) is 2. The van der Waals surface area contributed by atoms with Crippen LogP contribution < -0.4 is 16.0 Å². The van der Waals surface area contributed by atoms with Crippen molar-refractivity contribution in [2.75, 3.05) is 29.9 Å². The number of carbonyl (C=O) groups excluding carboxylic acids is 2. The smallest absolute Gasteiger partial charge is 0.408 e. The molecule has 9 heteroatoms. The second kappa shape index (κ2) is 7.66. The van der Waals surface area contributed by atoms with Gasteiger partial charge in [0.1, 0.15) is 5.82 Å². The van der Waals surface area contributed by atoms with Crippen molar-refractivity contribution in [3.8, 4) is 0 Å². The Morgan fingerprint density at radius 2 is 2.00 bits per heavy atom. The second-order valence-corrected chi connectivity index (χ2v) is 7.41. The van der Waals surface area contributed by atoms with Crippen LogP contribution in [0.3, 0.4) is 0 Å². The number of carbonyl (C=O) groups is 2. The van der Waals surface area contributed by atoms with E-state index >= 15 is 0 Å². The summed E-state index contributed by atoms with van der Waals surface area (Å²) in [6, 6.07) is 9.38. The third-order valence-corrected chi connectivity index (χ3v) is 5.27. The Morgan fingerprint density at radius 3 is 2.73 bits per heavy atom. The molecule has 0 bridgehead atoms. The summed E-state index contributed by atoms with van der Waals surface area (Å²) >= 11 is 0. The fraction of sp³-hybridized carbons (Fsp3) is 0.286. The average molecular weight is 412 g/mol. The summed E-state index contributed by atoms with van der Waals surface area (Å²) in [7, 11) is 0. The van der Waals surface area contributed by atoms with Crippen LogP contribution in [0, 0.1) is 12.7 Å². The maximum absolute atomic E-state index is 13.5. The molecular formula is C21H21FN4O4. The van der Waals surface area contributed by atoms with Crippen molar-refractivity contribution in [2.24, 2.45) is 0 Å². The van der Waals surface area contributed by atoms with Gasteiger partial charge in [0.05, 0.1) is 5.52 Å². The number of oxazole rings is 1. The van der Waals surface area contributed by atoms with E-state index in [1.807, 2.05) is 6.92 Å². The fourth-order valence-electron chi connectivity index (χ4n) is 3.66. The molecule has 3 aromatic rings. The van der Waals surface area contributed by atoms with E-state index in [0.29, 0.717) is 42.0 Å². The molecule has 0 radical (unpaired) electrons. The molecule has 0 spiro atoms. The third-order valence-electron chi connectivity index (χ3n) is 5.27. The van der Waals surface area contributed by atoms with Crippen LogP contribution in [0.4, 0.5) is 15.8 Å². The van der Waals surface area contributed by atoms with Gasteiger partial charge in [-0.25, -0.2) is 9.18 Å². The van der Waals surface area contributed by atoms with E-state index in [4.69, 9.17) is 4.42 Å². The number of nitrogens with zero attached hydrogens (tertiary/aromatic N) is 2. The monoisotopic (exact) mass is 412 g/mol. The maximum Gasteiger partial charge on any atom is 0.417 e. The number of benzene rings is 2. The Kier molecular flexibility index (Phi) is 5.03. The number of hydrogen-bond acceptors (Lipinski definition) is 5. The summed E-state index contributed by atoms with van der Waals surface area (Å²) < 4.78 is 18.5. The van der Waals surface area contributed by atoms with Crippen LogP contribution in [0.1, 0.15) is 12.5 Å². The quantitative estimate of drug-likeness (QED) is 0.629. The lowest BCUT2D eigenvalue weighted by molar-refractivity contribution is -0.144. The summed E-state index contributed by atoms with van der Waals surface area (Å²) in [4.78, 5) is 42.5. The first-order chi connectivity index (χ1) is 14.3. The number of anilines is 2. The molecule has 2 amide bonds. The number of aromatic nitrogens is 1. The zero-order valence-electron chi connectivity index (χ0n) is 16.6. The minimum atomic E-state index is -0.759. The fourth-order valence-corrected chi connectivity index (χ4v) is 3.66. The largest absolute Gasteiger partial charge is 0.417 e. The van der Waals surface area contributed by atoms with Crippen LogP contribution in [0.15, 0.2) is 45.6 Å². The van der Waals surface area contributed by atoms with Crippen LogP contribution in [0.2, 0.25) is 0 Å². The summed E-state index contributed by atoms with van der Waals surface area (Å²) in [5.74, 6) is -2.24. The van der Waals surface area contributed by atoms with Gasteiger partial charge < -0.3 is 19.5 Å². The van der Waals surface area contributed by atoms with Gasteiger partial charge in [-0.1, -0.05) is 0 Å². The first kappa shape index (κ1) is 19.7. The highest BCUT2D eigenvalue weighted by atomic mass is 19.1. The van der Waals surface area contributed by atoms with Gasteiger partial charge in [0.15, 0.2) is 5.58 Å². The minimum Gasteiger partial charge on any atom is -0.408 e. The molecule has 30 heavy (non-hydrogen) atoms. The van der Waals surface area contributed by atoms with E-state index < -0.39 is 17.6 Å². The van der Waals surface area contributed by atoms with Crippen molar-refractivity contribution in [3.05, 3.63) is 58.3 Å². The van der Waals surface area contributed by atoms with Gasteiger partial charge in [0.25, 0.3) is 0 Å². The number of rotatable bonds is 2. The topological polar surface area (TPSA) is 98.6 Å². The second-order valence-electron chi connectivity index (χ2n) is 7.41.